The Morgan fingerprint density at radius 3 is 2.55 bits per heavy atom. The number of allylic oxidation sites excluding steroid dienone is 1. The predicted molar refractivity (Wildman–Crippen MR) is 148 cm³/mol. The molecular formula is C32H46O5S. The van der Waals surface area contributed by atoms with Crippen LogP contribution in [0.4, 0.5) is 0 Å². The molecule has 0 spiro atoms. The maximum Gasteiger partial charge on any atom is 0.181 e. The molecule has 5 nitrogen and oxygen atoms in total. The first-order valence-corrected chi connectivity index (χ1v) is 16.6. The number of aliphatic hydroxyl groups is 2. The van der Waals surface area contributed by atoms with Gasteiger partial charge in [-0.05, 0) is 111 Å². The van der Waals surface area contributed by atoms with Crippen LogP contribution in [0, 0.1) is 34.5 Å². The molecule has 38 heavy (non-hydrogen) atoms. The van der Waals surface area contributed by atoms with Gasteiger partial charge in [0.25, 0.3) is 0 Å². The third-order valence-electron chi connectivity index (χ3n) is 12.0. The van der Waals surface area contributed by atoms with Crippen molar-refractivity contribution in [1.29, 1.82) is 0 Å². The lowest BCUT2D eigenvalue weighted by Crippen LogP contribution is -2.50. The van der Waals surface area contributed by atoms with Crippen LogP contribution in [-0.4, -0.2) is 48.8 Å². The molecule has 0 radical (unpaired) electrons. The maximum absolute atomic E-state index is 14.0. The van der Waals surface area contributed by atoms with E-state index in [-0.39, 0.29) is 30.0 Å². The Kier molecular flexibility index (Phi) is 6.90. The molecule has 0 aromatic heterocycles. The number of hydrogen-bond donors (Lipinski definition) is 2. The zero-order valence-electron chi connectivity index (χ0n) is 23.1. The first-order valence-electron chi connectivity index (χ1n) is 15.0. The van der Waals surface area contributed by atoms with Gasteiger partial charge in [0.1, 0.15) is 0 Å². The molecule has 9 atom stereocenters. The number of sulfone groups is 1. The minimum atomic E-state index is -3.58. The third kappa shape index (κ3) is 4.42. The van der Waals surface area contributed by atoms with E-state index in [1.807, 2.05) is 6.07 Å². The highest BCUT2D eigenvalue weighted by molar-refractivity contribution is 7.92. The molecule has 1 aromatic rings. The highest BCUT2D eigenvalue weighted by atomic mass is 32.2. The van der Waals surface area contributed by atoms with E-state index < -0.39 is 20.7 Å². The SMILES string of the molecule is CC12CCC(O)CC1=CCC1C2CC[C@]2(C)C(CC(CC3(O)CCOC3)S(=O)(=O)c3ccccc3)CCC12. The topological polar surface area (TPSA) is 83.8 Å². The second-order valence-electron chi connectivity index (χ2n) is 13.9. The van der Waals surface area contributed by atoms with E-state index in [1.54, 1.807) is 24.3 Å². The summed E-state index contributed by atoms with van der Waals surface area (Å²) in [7, 11) is -3.58. The van der Waals surface area contributed by atoms with Crippen molar-refractivity contribution in [2.45, 2.75) is 106 Å². The summed E-state index contributed by atoms with van der Waals surface area (Å²) in [6, 6.07) is 8.85. The Hall–Kier alpha value is -1.21. The van der Waals surface area contributed by atoms with Gasteiger partial charge in [0, 0.05) is 13.0 Å². The van der Waals surface area contributed by atoms with E-state index in [0.29, 0.717) is 48.0 Å². The maximum atomic E-state index is 14.0. The van der Waals surface area contributed by atoms with Crippen LogP contribution in [0.1, 0.15) is 84.5 Å². The quantitative estimate of drug-likeness (QED) is 0.451. The summed E-state index contributed by atoms with van der Waals surface area (Å²) in [6.45, 7) is 5.64. The van der Waals surface area contributed by atoms with Gasteiger partial charge in [0.05, 0.1) is 28.5 Å². The van der Waals surface area contributed by atoms with Gasteiger partial charge in [-0.15, -0.1) is 0 Å². The van der Waals surface area contributed by atoms with Crippen molar-refractivity contribution in [1.82, 2.24) is 0 Å². The molecule has 6 rings (SSSR count). The van der Waals surface area contributed by atoms with Crippen LogP contribution in [0.15, 0.2) is 46.9 Å². The monoisotopic (exact) mass is 542 g/mol. The van der Waals surface area contributed by atoms with Crippen LogP contribution in [-0.2, 0) is 14.6 Å². The minimum Gasteiger partial charge on any atom is -0.393 e. The Morgan fingerprint density at radius 1 is 1.03 bits per heavy atom. The molecule has 5 aliphatic rings. The molecule has 4 fully saturated rings. The molecule has 0 bridgehead atoms. The van der Waals surface area contributed by atoms with Crippen LogP contribution in [0.5, 0.6) is 0 Å². The second kappa shape index (κ2) is 9.71. The molecule has 1 aromatic carbocycles. The molecule has 1 saturated heterocycles. The van der Waals surface area contributed by atoms with E-state index >= 15 is 0 Å². The lowest BCUT2D eigenvalue weighted by Gasteiger charge is -2.58. The third-order valence-corrected chi connectivity index (χ3v) is 14.2. The number of fused-ring (bicyclic) bond motifs is 5. The van der Waals surface area contributed by atoms with Gasteiger partial charge >= 0.3 is 0 Å². The van der Waals surface area contributed by atoms with Crippen molar-refractivity contribution in [2.75, 3.05) is 13.2 Å². The first kappa shape index (κ1) is 27.0. The molecule has 2 N–H and O–H groups in total. The fourth-order valence-electron chi connectivity index (χ4n) is 9.76. The largest absolute Gasteiger partial charge is 0.393 e. The number of ether oxygens (including phenoxy) is 1. The van der Waals surface area contributed by atoms with Crippen LogP contribution < -0.4 is 0 Å². The molecule has 0 amide bonds. The van der Waals surface area contributed by atoms with E-state index in [0.717, 1.165) is 38.5 Å². The first-order chi connectivity index (χ1) is 18.1. The van der Waals surface area contributed by atoms with E-state index in [1.165, 1.54) is 18.4 Å². The molecule has 8 unspecified atom stereocenters. The summed E-state index contributed by atoms with van der Waals surface area (Å²) >= 11 is 0. The summed E-state index contributed by atoms with van der Waals surface area (Å²) in [5.74, 6) is 2.28. The van der Waals surface area contributed by atoms with Crippen molar-refractivity contribution < 1.29 is 23.4 Å². The lowest BCUT2D eigenvalue weighted by molar-refractivity contribution is -0.0517. The summed E-state index contributed by atoms with van der Waals surface area (Å²) in [6.07, 6.45) is 12.2. The van der Waals surface area contributed by atoms with Crippen LogP contribution in [0.3, 0.4) is 0 Å². The number of rotatable bonds is 6. The Balaban J connectivity index is 1.27. The summed E-state index contributed by atoms with van der Waals surface area (Å²) in [5, 5.41) is 21.0. The van der Waals surface area contributed by atoms with Crippen molar-refractivity contribution >= 4 is 9.84 Å². The van der Waals surface area contributed by atoms with Crippen LogP contribution in [0.25, 0.3) is 0 Å². The standard InChI is InChI=1S/C32H46O5S/c1-30-14-12-24(33)18-22(30)8-10-27-28-11-9-23(31(28,2)15-13-29(27)30)19-26(20-32(34)16-17-37-21-32)38(35,36)25-6-4-3-5-7-25/h3-8,23-24,26-29,33-34H,9-21H2,1-2H3/t23?,24?,26?,27?,28?,29?,30?,31-,32?/m1/s1. The average molecular weight is 543 g/mol. The van der Waals surface area contributed by atoms with Crippen molar-refractivity contribution in [3.05, 3.63) is 42.0 Å². The van der Waals surface area contributed by atoms with Gasteiger partial charge in [0.2, 0.25) is 0 Å². The molecule has 3 saturated carbocycles. The van der Waals surface area contributed by atoms with Crippen LogP contribution >= 0.6 is 0 Å². The highest BCUT2D eigenvalue weighted by Gasteiger charge is 2.59. The average Bonchev–Trinajstić information content (AvgIpc) is 3.47. The van der Waals surface area contributed by atoms with Gasteiger partial charge in [-0.25, -0.2) is 8.42 Å². The fourth-order valence-corrected chi connectivity index (χ4v) is 11.7. The van der Waals surface area contributed by atoms with E-state index in [4.69, 9.17) is 4.74 Å². The zero-order valence-corrected chi connectivity index (χ0v) is 24.0. The number of aliphatic hydroxyl groups excluding tert-OH is 1. The summed E-state index contributed by atoms with van der Waals surface area (Å²) in [5.41, 5.74) is 0.785. The molecule has 1 heterocycles. The smallest absolute Gasteiger partial charge is 0.181 e. The zero-order chi connectivity index (χ0) is 26.8. The Labute approximate surface area is 229 Å². The lowest BCUT2D eigenvalue weighted by atomic mass is 9.47. The van der Waals surface area contributed by atoms with E-state index in [2.05, 4.69) is 19.9 Å². The van der Waals surface area contributed by atoms with Crippen LogP contribution in [0.2, 0.25) is 0 Å². The molecular weight excluding hydrogens is 496 g/mol. The summed E-state index contributed by atoms with van der Waals surface area (Å²) < 4.78 is 33.5. The highest BCUT2D eigenvalue weighted by Crippen LogP contribution is 2.67. The number of benzene rings is 1. The normalized spacial score (nSPS) is 43.6. The molecule has 1 aliphatic heterocycles. The fraction of sp³-hybridized carbons (Fsp3) is 0.750. The Morgan fingerprint density at radius 2 is 1.82 bits per heavy atom. The van der Waals surface area contributed by atoms with Crippen molar-refractivity contribution in [2.24, 2.45) is 34.5 Å². The molecule has 4 aliphatic carbocycles. The Bertz CT molecular complexity index is 1160. The van der Waals surface area contributed by atoms with Gasteiger partial charge in [0.15, 0.2) is 9.84 Å². The van der Waals surface area contributed by atoms with Gasteiger partial charge in [-0.2, -0.15) is 0 Å². The summed E-state index contributed by atoms with van der Waals surface area (Å²) in [4.78, 5) is 0.369. The van der Waals surface area contributed by atoms with E-state index in [9.17, 15) is 18.6 Å². The van der Waals surface area contributed by atoms with Gasteiger partial charge < -0.3 is 14.9 Å². The van der Waals surface area contributed by atoms with Gasteiger partial charge in [-0.3, -0.25) is 0 Å². The molecule has 6 heteroatoms. The molecule has 210 valence electrons. The van der Waals surface area contributed by atoms with Crippen molar-refractivity contribution in [3.63, 3.8) is 0 Å². The predicted octanol–water partition coefficient (Wildman–Crippen LogP) is 5.70. The van der Waals surface area contributed by atoms with Crippen molar-refractivity contribution in [3.8, 4) is 0 Å². The number of hydrogen-bond acceptors (Lipinski definition) is 5. The van der Waals surface area contributed by atoms with Gasteiger partial charge in [-0.1, -0.05) is 43.7 Å². The second-order valence-corrected chi connectivity index (χ2v) is 16.1. The minimum absolute atomic E-state index is 0.135.